The molecule has 0 radical (unpaired) electrons. The number of carbonyl (C=O) groups is 1. The topological polar surface area (TPSA) is 54.9 Å². The number of aromatic nitrogens is 2. The highest BCUT2D eigenvalue weighted by molar-refractivity contribution is 8.00. The summed E-state index contributed by atoms with van der Waals surface area (Å²) in [5, 5.41) is 5.39. The number of hydrogen-bond donors (Lipinski definition) is 1. The van der Waals surface area contributed by atoms with Crippen molar-refractivity contribution in [2.45, 2.75) is 69.4 Å². The van der Waals surface area contributed by atoms with Crippen molar-refractivity contribution in [3.63, 3.8) is 0 Å². The van der Waals surface area contributed by atoms with Crippen LogP contribution in [0.25, 0.3) is 10.2 Å². The van der Waals surface area contributed by atoms with E-state index in [1.165, 1.54) is 47.9 Å². The standard InChI is InChI=1S/C18H23N3OS2/c1-11-19-17(23-10-15(22)21-12-6-2-3-7-12)16-13-8-4-5-9-14(13)24-18(16)20-11/h12H,2-10H2,1H3,(H,21,22). The monoisotopic (exact) mass is 361 g/mol. The summed E-state index contributed by atoms with van der Waals surface area (Å²) in [6, 6.07) is 0.388. The smallest absolute Gasteiger partial charge is 0.230 e. The van der Waals surface area contributed by atoms with Gasteiger partial charge in [0.1, 0.15) is 15.7 Å². The van der Waals surface area contributed by atoms with Gasteiger partial charge in [-0.1, -0.05) is 24.6 Å². The molecular formula is C18H23N3OS2. The van der Waals surface area contributed by atoms with Gasteiger partial charge >= 0.3 is 0 Å². The van der Waals surface area contributed by atoms with E-state index in [-0.39, 0.29) is 5.91 Å². The third-order valence-electron chi connectivity index (χ3n) is 4.95. The Kier molecular flexibility index (Phi) is 4.77. The van der Waals surface area contributed by atoms with Crippen molar-refractivity contribution in [3.05, 3.63) is 16.3 Å². The lowest BCUT2D eigenvalue weighted by Gasteiger charge is -2.13. The van der Waals surface area contributed by atoms with Crippen molar-refractivity contribution in [3.8, 4) is 0 Å². The summed E-state index contributed by atoms with van der Waals surface area (Å²) in [4.78, 5) is 24.1. The first kappa shape index (κ1) is 16.3. The predicted molar refractivity (Wildman–Crippen MR) is 99.9 cm³/mol. The van der Waals surface area contributed by atoms with Crippen molar-refractivity contribution < 1.29 is 4.79 Å². The van der Waals surface area contributed by atoms with Crippen LogP contribution in [0, 0.1) is 6.92 Å². The Morgan fingerprint density at radius 2 is 2.00 bits per heavy atom. The summed E-state index contributed by atoms with van der Waals surface area (Å²) in [6.07, 6.45) is 9.56. The molecule has 24 heavy (non-hydrogen) atoms. The minimum absolute atomic E-state index is 0.139. The maximum atomic E-state index is 12.2. The number of thioether (sulfide) groups is 1. The maximum Gasteiger partial charge on any atom is 0.230 e. The minimum atomic E-state index is 0.139. The van der Waals surface area contributed by atoms with E-state index in [4.69, 9.17) is 0 Å². The number of rotatable bonds is 4. The first-order valence-corrected chi connectivity index (χ1v) is 10.7. The van der Waals surface area contributed by atoms with Crippen LogP contribution in [-0.2, 0) is 17.6 Å². The number of nitrogens with zero attached hydrogens (tertiary/aromatic N) is 2. The van der Waals surface area contributed by atoms with Crippen LogP contribution < -0.4 is 5.32 Å². The van der Waals surface area contributed by atoms with Crippen LogP contribution in [0.4, 0.5) is 0 Å². The van der Waals surface area contributed by atoms with Gasteiger partial charge in [0.2, 0.25) is 5.91 Å². The molecule has 2 aromatic heterocycles. The first-order valence-electron chi connectivity index (χ1n) is 8.92. The van der Waals surface area contributed by atoms with Crippen molar-refractivity contribution in [2.24, 2.45) is 0 Å². The van der Waals surface area contributed by atoms with Crippen LogP contribution in [0.2, 0.25) is 0 Å². The van der Waals surface area contributed by atoms with Crippen LogP contribution in [0.1, 0.15) is 54.8 Å². The number of fused-ring (bicyclic) bond motifs is 3. The molecule has 0 atom stereocenters. The van der Waals surface area contributed by atoms with E-state index < -0.39 is 0 Å². The Bertz CT molecular complexity index is 765. The molecule has 1 amide bonds. The predicted octanol–water partition coefficient (Wildman–Crippen LogP) is 4.03. The second kappa shape index (κ2) is 7.00. The molecule has 0 bridgehead atoms. The third-order valence-corrected chi connectivity index (χ3v) is 7.11. The average molecular weight is 362 g/mol. The van der Waals surface area contributed by atoms with E-state index in [9.17, 15) is 4.79 Å². The Morgan fingerprint density at radius 1 is 1.21 bits per heavy atom. The zero-order chi connectivity index (χ0) is 16.5. The van der Waals surface area contributed by atoms with Crippen LogP contribution >= 0.6 is 23.1 Å². The number of hydrogen-bond acceptors (Lipinski definition) is 5. The summed E-state index contributed by atoms with van der Waals surface area (Å²) in [5.74, 6) is 1.40. The fraction of sp³-hybridized carbons (Fsp3) is 0.611. The second-order valence-corrected chi connectivity index (χ2v) is 8.85. The van der Waals surface area contributed by atoms with Crippen molar-refractivity contribution >= 4 is 39.2 Å². The van der Waals surface area contributed by atoms with Crippen molar-refractivity contribution in [1.29, 1.82) is 0 Å². The third kappa shape index (κ3) is 3.31. The Labute approximate surface area is 150 Å². The van der Waals surface area contributed by atoms with E-state index in [1.807, 2.05) is 18.3 Å². The number of amides is 1. The molecule has 2 aromatic rings. The fourth-order valence-corrected chi connectivity index (χ4v) is 6.09. The molecule has 6 heteroatoms. The Morgan fingerprint density at radius 3 is 2.83 bits per heavy atom. The summed E-state index contributed by atoms with van der Waals surface area (Å²) in [6.45, 7) is 1.95. The van der Waals surface area contributed by atoms with Gasteiger partial charge in [-0.3, -0.25) is 4.79 Å². The molecule has 1 N–H and O–H groups in total. The van der Waals surface area contributed by atoms with Gasteiger partial charge in [-0.05, 0) is 51.0 Å². The van der Waals surface area contributed by atoms with E-state index in [1.54, 1.807) is 11.8 Å². The lowest BCUT2D eigenvalue weighted by atomic mass is 9.97. The zero-order valence-corrected chi connectivity index (χ0v) is 15.7. The van der Waals surface area contributed by atoms with Gasteiger partial charge in [-0.25, -0.2) is 9.97 Å². The average Bonchev–Trinajstić information content (AvgIpc) is 3.19. The molecule has 2 heterocycles. The molecule has 1 saturated carbocycles. The highest BCUT2D eigenvalue weighted by Gasteiger charge is 2.22. The van der Waals surface area contributed by atoms with E-state index in [2.05, 4.69) is 15.3 Å². The summed E-state index contributed by atoms with van der Waals surface area (Å²) in [7, 11) is 0. The van der Waals surface area contributed by atoms with Gasteiger partial charge in [0.15, 0.2) is 0 Å². The lowest BCUT2D eigenvalue weighted by molar-refractivity contribution is -0.119. The van der Waals surface area contributed by atoms with Crippen molar-refractivity contribution in [2.75, 3.05) is 5.75 Å². The molecule has 0 aliphatic heterocycles. The van der Waals surface area contributed by atoms with Crippen LogP contribution in [0.5, 0.6) is 0 Å². The van der Waals surface area contributed by atoms with Gasteiger partial charge in [0, 0.05) is 16.3 Å². The molecule has 0 spiro atoms. The molecule has 2 aliphatic rings. The quantitative estimate of drug-likeness (QED) is 0.660. The van der Waals surface area contributed by atoms with Gasteiger partial charge in [0.05, 0.1) is 5.75 Å². The largest absolute Gasteiger partial charge is 0.353 e. The number of thiophene rings is 1. The molecule has 1 fully saturated rings. The maximum absolute atomic E-state index is 12.2. The van der Waals surface area contributed by atoms with E-state index in [0.717, 1.165) is 34.9 Å². The highest BCUT2D eigenvalue weighted by Crippen LogP contribution is 2.39. The molecule has 0 saturated heterocycles. The van der Waals surface area contributed by atoms with Gasteiger partial charge in [-0.2, -0.15) is 0 Å². The lowest BCUT2D eigenvalue weighted by Crippen LogP contribution is -2.33. The summed E-state index contributed by atoms with van der Waals surface area (Å²) < 4.78 is 0. The van der Waals surface area contributed by atoms with Crippen molar-refractivity contribution in [1.82, 2.24) is 15.3 Å². The molecule has 0 aromatic carbocycles. The van der Waals surface area contributed by atoms with E-state index >= 15 is 0 Å². The molecule has 128 valence electrons. The second-order valence-electron chi connectivity index (χ2n) is 6.80. The van der Waals surface area contributed by atoms with Crippen LogP contribution in [0.15, 0.2) is 5.03 Å². The highest BCUT2D eigenvalue weighted by atomic mass is 32.2. The zero-order valence-electron chi connectivity index (χ0n) is 14.1. The van der Waals surface area contributed by atoms with E-state index in [0.29, 0.717) is 11.8 Å². The van der Waals surface area contributed by atoms with Crippen LogP contribution in [0.3, 0.4) is 0 Å². The normalized spacial score (nSPS) is 18.0. The molecule has 4 rings (SSSR count). The number of aryl methyl sites for hydroxylation is 3. The summed E-state index contributed by atoms with van der Waals surface area (Å²) >= 11 is 3.40. The molecule has 0 unspecified atom stereocenters. The number of nitrogens with one attached hydrogen (secondary N) is 1. The SMILES string of the molecule is Cc1nc(SCC(=O)NC2CCCC2)c2c3c(sc2n1)CCCC3. The molecule has 4 nitrogen and oxygen atoms in total. The Hall–Kier alpha value is -1.14. The summed E-state index contributed by atoms with van der Waals surface area (Å²) in [5.41, 5.74) is 1.44. The van der Waals surface area contributed by atoms with Crippen LogP contribution in [-0.4, -0.2) is 27.7 Å². The minimum Gasteiger partial charge on any atom is -0.353 e. The first-order chi connectivity index (χ1) is 11.7. The Balaban J connectivity index is 1.54. The fourth-order valence-electron chi connectivity index (χ4n) is 3.80. The number of carbonyl (C=O) groups excluding carboxylic acids is 1. The van der Waals surface area contributed by atoms with Gasteiger partial charge in [0.25, 0.3) is 0 Å². The molecular weight excluding hydrogens is 338 g/mol. The van der Waals surface area contributed by atoms with Gasteiger partial charge < -0.3 is 5.32 Å². The molecule has 2 aliphatic carbocycles. The van der Waals surface area contributed by atoms with Gasteiger partial charge in [-0.15, -0.1) is 11.3 Å².